The third-order valence-electron chi connectivity index (χ3n) is 7.30. The van der Waals surface area contributed by atoms with Crippen molar-refractivity contribution in [3.63, 3.8) is 0 Å². The molecule has 0 unspecified atom stereocenters. The number of benzene rings is 4. The van der Waals surface area contributed by atoms with Crippen molar-refractivity contribution in [3.8, 4) is 12.1 Å². The Morgan fingerprint density at radius 3 is 1.91 bits per heavy atom. The highest BCUT2D eigenvalue weighted by Crippen LogP contribution is 2.40. The summed E-state index contributed by atoms with van der Waals surface area (Å²) in [4.78, 5) is 29.8. The number of nitrogens with one attached hydrogen (secondary N) is 3. The van der Waals surface area contributed by atoms with Gasteiger partial charge in [0, 0.05) is 57.8 Å². The molecule has 0 spiro atoms. The summed E-state index contributed by atoms with van der Waals surface area (Å²) in [6, 6.07) is 28.4. The van der Waals surface area contributed by atoms with E-state index in [1.807, 2.05) is 48.8 Å². The van der Waals surface area contributed by atoms with Gasteiger partial charge < -0.3 is 9.97 Å². The average Bonchev–Trinajstić information content (AvgIpc) is 3.65. The molecule has 3 N–H and O–H groups in total. The Morgan fingerprint density at radius 2 is 1.40 bits per heavy atom. The average molecular weight is 564 g/mol. The van der Waals surface area contributed by atoms with Gasteiger partial charge >= 0.3 is 0 Å². The van der Waals surface area contributed by atoms with E-state index in [4.69, 9.17) is 0 Å². The van der Waals surface area contributed by atoms with Crippen LogP contribution in [0.4, 0.5) is 5.69 Å². The predicted octanol–water partition coefficient (Wildman–Crippen LogP) is 6.24. The minimum Gasteiger partial charge on any atom is -0.361 e. The highest BCUT2D eigenvalue weighted by Gasteiger charge is 2.24. The molecule has 43 heavy (non-hydrogen) atoms. The molecule has 0 bridgehead atoms. The number of nitro groups is 1. The number of carbonyl (C=O) groups excluding carboxylic acids is 1. The fourth-order valence-corrected chi connectivity index (χ4v) is 5.17. The van der Waals surface area contributed by atoms with Gasteiger partial charge in [-0.15, -0.1) is 0 Å². The number of hydrazone groups is 1. The largest absolute Gasteiger partial charge is 0.361 e. The topological polar surface area (TPSA) is 164 Å². The minimum absolute atomic E-state index is 0.0316. The number of H-pyrrole nitrogens is 2. The van der Waals surface area contributed by atoms with Gasteiger partial charge in [0.1, 0.15) is 0 Å². The van der Waals surface area contributed by atoms with Gasteiger partial charge in [-0.1, -0.05) is 12.1 Å². The number of aromatic amines is 2. The van der Waals surface area contributed by atoms with Crippen LogP contribution in [0.1, 0.15) is 49.7 Å². The summed E-state index contributed by atoms with van der Waals surface area (Å²) in [6.07, 6.45) is 5.26. The SMILES string of the molecule is N#Cc1ccc2[nH]cc(C(c3ccc(C(=O)N/N=C/c4ccc([N+](=O)[O-])cc4)cc3)c3c[nH]c4ccc(C#N)cc34)c2c1. The van der Waals surface area contributed by atoms with Crippen LogP contribution in [0.5, 0.6) is 0 Å². The summed E-state index contributed by atoms with van der Waals surface area (Å²) in [5, 5.41) is 35.7. The zero-order chi connectivity index (χ0) is 29.9. The van der Waals surface area contributed by atoms with Crippen LogP contribution in [0.25, 0.3) is 21.8 Å². The van der Waals surface area contributed by atoms with E-state index in [-0.39, 0.29) is 11.6 Å². The first-order chi connectivity index (χ1) is 20.9. The van der Waals surface area contributed by atoms with Gasteiger partial charge in [-0.2, -0.15) is 15.6 Å². The molecule has 10 heteroatoms. The zero-order valence-corrected chi connectivity index (χ0v) is 22.4. The first-order valence-electron chi connectivity index (χ1n) is 13.2. The van der Waals surface area contributed by atoms with E-state index in [1.54, 1.807) is 24.3 Å². The molecule has 0 atom stereocenters. The van der Waals surface area contributed by atoms with E-state index in [9.17, 15) is 25.4 Å². The van der Waals surface area contributed by atoms with E-state index >= 15 is 0 Å². The number of nitrogens with zero attached hydrogens (tertiary/aromatic N) is 4. The smallest absolute Gasteiger partial charge is 0.271 e. The van der Waals surface area contributed by atoms with Crippen LogP contribution in [-0.2, 0) is 0 Å². The third-order valence-corrected chi connectivity index (χ3v) is 7.30. The summed E-state index contributed by atoms with van der Waals surface area (Å²) < 4.78 is 0. The van der Waals surface area contributed by atoms with Crippen LogP contribution in [-0.4, -0.2) is 27.0 Å². The lowest BCUT2D eigenvalue weighted by Crippen LogP contribution is -2.17. The number of fused-ring (bicyclic) bond motifs is 2. The van der Waals surface area contributed by atoms with Crippen LogP contribution in [0.2, 0.25) is 0 Å². The second-order valence-corrected chi connectivity index (χ2v) is 9.84. The van der Waals surface area contributed by atoms with Gasteiger partial charge in [0.05, 0.1) is 34.4 Å². The van der Waals surface area contributed by atoms with Crippen LogP contribution < -0.4 is 5.43 Å². The standard InChI is InChI=1S/C33H21N7O3/c34-15-21-3-11-30-26(13-21)28(18-36-30)32(29-19-37-31-12-4-22(16-35)14-27(29)31)23-5-7-24(8-6-23)33(41)39-38-17-20-1-9-25(10-2-20)40(42)43/h1-14,17-19,32,36-37H,(H,39,41)/b38-17+. The Balaban J connectivity index is 1.34. The molecule has 10 nitrogen and oxygen atoms in total. The van der Waals surface area contributed by atoms with Crippen molar-refractivity contribution in [1.29, 1.82) is 10.5 Å². The normalized spacial score (nSPS) is 11.1. The fraction of sp³-hybridized carbons (Fsp3) is 0.0303. The Bertz CT molecular complexity index is 2030. The molecule has 4 aromatic carbocycles. The van der Waals surface area contributed by atoms with Crippen LogP contribution in [0.3, 0.4) is 0 Å². The maximum Gasteiger partial charge on any atom is 0.271 e. The second-order valence-electron chi connectivity index (χ2n) is 9.84. The number of rotatable bonds is 7. The quantitative estimate of drug-likeness (QED) is 0.119. The molecule has 206 valence electrons. The molecule has 6 aromatic rings. The maximum absolute atomic E-state index is 12.8. The summed E-state index contributed by atoms with van der Waals surface area (Å²) in [5.74, 6) is -0.708. The lowest BCUT2D eigenvalue weighted by molar-refractivity contribution is -0.384. The minimum atomic E-state index is -0.485. The van der Waals surface area contributed by atoms with Crippen molar-refractivity contribution in [2.75, 3.05) is 0 Å². The summed E-state index contributed by atoms with van der Waals surface area (Å²) >= 11 is 0. The lowest BCUT2D eigenvalue weighted by atomic mass is 9.84. The van der Waals surface area contributed by atoms with Gasteiger partial charge in [-0.3, -0.25) is 14.9 Å². The van der Waals surface area contributed by atoms with E-state index in [1.165, 1.54) is 30.5 Å². The van der Waals surface area contributed by atoms with Crippen molar-refractivity contribution in [3.05, 3.63) is 146 Å². The first-order valence-corrected chi connectivity index (χ1v) is 13.2. The third kappa shape index (κ3) is 5.20. The van der Waals surface area contributed by atoms with Crippen molar-refractivity contribution in [2.24, 2.45) is 5.10 Å². The van der Waals surface area contributed by atoms with E-state index in [0.29, 0.717) is 22.3 Å². The second kappa shape index (κ2) is 11.2. The number of aromatic nitrogens is 2. The summed E-state index contributed by atoms with van der Waals surface area (Å²) in [5.41, 5.74) is 9.09. The highest BCUT2D eigenvalue weighted by molar-refractivity contribution is 5.95. The lowest BCUT2D eigenvalue weighted by Gasteiger charge is -2.18. The van der Waals surface area contributed by atoms with Crippen LogP contribution in [0, 0.1) is 32.8 Å². The fourth-order valence-electron chi connectivity index (χ4n) is 5.17. The Kier molecular flexibility index (Phi) is 6.93. The predicted molar refractivity (Wildman–Crippen MR) is 162 cm³/mol. The van der Waals surface area contributed by atoms with Gasteiger partial charge in [-0.05, 0) is 82.9 Å². The summed E-state index contributed by atoms with van der Waals surface area (Å²) in [7, 11) is 0. The zero-order valence-electron chi connectivity index (χ0n) is 22.4. The van der Waals surface area contributed by atoms with Crippen molar-refractivity contribution < 1.29 is 9.72 Å². The molecule has 2 heterocycles. The molecule has 0 aliphatic rings. The molecule has 0 saturated carbocycles. The van der Waals surface area contributed by atoms with E-state index < -0.39 is 10.8 Å². The molecule has 0 fully saturated rings. The molecule has 0 aliphatic heterocycles. The molecule has 6 rings (SSSR count). The first kappa shape index (κ1) is 26.7. The van der Waals surface area contributed by atoms with Crippen molar-refractivity contribution >= 4 is 39.6 Å². The van der Waals surface area contributed by atoms with Gasteiger partial charge in [-0.25, -0.2) is 5.43 Å². The molecule has 0 radical (unpaired) electrons. The number of nitro benzene ring substituents is 1. The Hall–Kier alpha value is -6.52. The number of nitriles is 2. The highest BCUT2D eigenvalue weighted by atomic mass is 16.6. The van der Waals surface area contributed by atoms with Gasteiger partial charge in [0.25, 0.3) is 11.6 Å². The summed E-state index contributed by atoms with van der Waals surface area (Å²) in [6.45, 7) is 0. The Morgan fingerprint density at radius 1 is 0.837 bits per heavy atom. The van der Waals surface area contributed by atoms with Crippen LogP contribution in [0.15, 0.2) is 102 Å². The molecule has 0 saturated heterocycles. The maximum atomic E-state index is 12.8. The number of hydrogen-bond donors (Lipinski definition) is 3. The van der Waals surface area contributed by atoms with E-state index in [0.717, 1.165) is 38.5 Å². The monoisotopic (exact) mass is 563 g/mol. The molecular formula is C33H21N7O3. The molecule has 2 aromatic heterocycles. The van der Waals surface area contributed by atoms with E-state index in [2.05, 4.69) is 32.6 Å². The molecular weight excluding hydrogens is 542 g/mol. The number of amides is 1. The molecule has 0 aliphatic carbocycles. The van der Waals surface area contributed by atoms with Gasteiger partial charge in [0.2, 0.25) is 0 Å². The van der Waals surface area contributed by atoms with Gasteiger partial charge in [0.15, 0.2) is 0 Å². The number of carbonyl (C=O) groups is 1. The number of hydrogen-bond acceptors (Lipinski definition) is 6. The molecule has 1 amide bonds. The van der Waals surface area contributed by atoms with Crippen LogP contribution >= 0.6 is 0 Å². The number of non-ortho nitro benzene ring substituents is 1. The van der Waals surface area contributed by atoms with Crippen molar-refractivity contribution in [1.82, 2.24) is 15.4 Å². The van der Waals surface area contributed by atoms with Crippen molar-refractivity contribution in [2.45, 2.75) is 5.92 Å². The Labute approximate surface area is 244 Å².